The molecule has 1 fully saturated rings. The molecule has 3 heterocycles. The number of anilines is 2. The van der Waals surface area contributed by atoms with E-state index < -0.39 is 53.8 Å². The second-order valence-electron chi connectivity index (χ2n) is 9.62. The van der Waals surface area contributed by atoms with Gasteiger partial charge < -0.3 is 24.3 Å². The van der Waals surface area contributed by atoms with Gasteiger partial charge in [-0.1, -0.05) is 20.8 Å². The molecule has 2 amide bonds. The lowest BCUT2D eigenvalue weighted by atomic mass is 9.96. The van der Waals surface area contributed by atoms with Crippen molar-refractivity contribution in [1.29, 1.82) is 0 Å². The maximum absolute atomic E-state index is 12.7. The molecule has 0 radical (unpaired) electrons. The number of fused-ring (bicyclic) bond motifs is 1. The molecule has 38 heavy (non-hydrogen) atoms. The molecular weight excluding hydrogens is 504 g/mol. The molecule has 15 heteroatoms. The van der Waals surface area contributed by atoms with E-state index in [1.165, 1.54) is 38.6 Å². The van der Waals surface area contributed by atoms with Crippen LogP contribution in [0.2, 0.25) is 0 Å². The standard InChI is InChI=1S/C23H30N6O9/c1-10(30)25-22-27-18(26-21(34)23(5,6)7)15-19(28-22)29(9-24-15)20-17(37-13(4)33)16(36-12(3)32)14(38-20)8-35-11(2)31/h9,14,16-17,20H,8H2,1-7H3,(H2,25,26,27,28,30,34)/t14-,16-,17-,20-/m1/s1. The Balaban J connectivity index is 2.14. The van der Waals surface area contributed by atoms with Crippen LogP contribution in [0.15, 0.2) is 6.33 Å². The highest BCUT2D eigenvalue weighted by Gasteiger charge is 2.51. The van der Waals surface area contributed by atoms with Gasteiger partial charge in [-0.2, -0.15) is 9.97 Å². The molecule has 0 aliphatic carbocycles. The minimum atomic E-state index is -1.19. The summed E-state index contributed by atoms with van der Waals surface area (Å²) in [7, 11) is 0. The number of esters is 3. The maximum Gasteiger partial charge on any atom is 0.303 e. The molecular formula is C23H30N6O9. The Morgan fingerprint density at radius 2 is 1.58 bits per heavy atom. The van der Waals surface area contributed by atoms with E-state index in [0.717, 1.165) is 0 Å². The predicted molar refractivity (Wildman–Crippen MR) is 129 cm³/mol. The van der Waals surface area contributed by atoms with Gasteiger partial charge in [0.15, 0.2) is 35.4 Å². The summed E-state index contributed by atoms with van der Waals surface area (Å²) >= 11 is 0. The van der Waals surface area contributed by atoms with E-state index in [-0.39, 0.29) is 35.4 Å². The Morgan fingerprint density at radius 3 is 2.13 bits per heavy atom. The van der Waals surface area contributed by atoms with Crippen LogP contribution in [-0.2, 0) is 42.9 Å². The molecule has 1 aliphatic heterocycles. The fourth-order valence-corrected chi connectivity index (χ4v) is 3.62. The molecule has 15 nitrogen and oxygen atoms in total. The van der Waals surface area contributed by atoms with Crippen molar-refractivity contribution in [3.8, 4) is 0 Å². The summed E-state index contributed by atoms with van der Waals surface area (Å²) in [5.41, 5.74) is -0.524. The molecule has 1 saturated heterocycles. The van der Waals surface area contributed by atoms with E-state index >= 15 is 0 Å². The third-order valence-electron chi connectivity index (χ3n) is 5.24. The van der Waals surface area contributed by atoms with Crippen molar-refractivity contribution < 1.29 is 42.9 Å². The summed E-state index contributed by atoms with van der Waals surface area (Å²) in [4.78, 5) is 72.6. The number of aromatic nitrogens is 4. The Morgan fingerprint density at radius 1 is 0.947 bits per heavy atom. The zero-order valence-corrected chi connectivity index (χ0v) is 22.1. The van der Waals surface area contributed by atoms with Crippen LogP contribution in [0.5, 0.6) is 0 Å². The van der Waals surface area contributed by atoms with Crippen molar-refractivity contribution in [3.05, 3.63) is 6.33 Å². The Labute approximate surface area is 217 Å². The molecule has 0 aromatic carbocycles. The van der Waals surface area contributed by atoms with Crippen LogP contribution >= 0.6 is 0 Å². The average molecular weight is 535 g/mol. The van der Waals surface area contributed by atoms with Crippen LogP contribution in [0.4, 0.5) is 11.8 Å². The lowest BCUT2D eigenvalue weighted by Crippen LogP contribution is -2.40. The van der Waals surface area contributed by atoms with E-state index in [9.17, 15) is 24.0 Å². The first kappa shape index (κ1) is 28.4. The largest absolute Gasteiger partial charge is 0.463 e. The molecule has 1 aliphatic rings. The molecule has 2 N–H and O–H groups in total. The number of nitrogens with one attached hydrogen (secondary N) is 2. The number of hydrogen-bond acceptors (Lipinski definition) is 12. The molecule has 3 rings (SSSR count). The van der Waals surface area contributed by atoms with E-state index in [1.54, 1.807) is 20.8 Å². The van der Waals surface area contributed by atoms with Crippen LogP contribution < -0.4 is 10.6 Å². The van der Waals surface area contributed by atoms with Crippen LogP contribution in [0, 0.1) is 5.41 Å². The number of ether oxygens (including phenoxy) is 4. The highest BCUT2D eigenvalue weighted by Crippen LogP contribution is 2.37. The smallest absolute Gasteiger partial charge is 0.303 e. The van der Waals surface area contributed by atoms with Gasteiger partial charge in [0.25, 0.3) is 0 Å². The van der Waals surface area contributed by atoms with Gasteiger partial charge >= 0.3 is 17.9 Å². The summed E-state index contributed by atoms with van der Waals surface area (Å²) in [6.45, 7) is 9.64. The number of carbonyl (C=O) groups excluding carboxylic acids is 5. The number of nitrogens with zero attached hydrogens (tertiary/aromatic N) is 4. The Bertz CT molecular complexity index is 1270. The minimum Gasteiger partial charge on any atom is -0.463 e. The number of carbonyl (C=O) groups is 5. The van der Waals surface area contributed by atoms with Gasteiger partial charge in [0, 0.05) is 33.1 Å². The first-order valence-electron chi connectivity index (χ1n) is 11.6. The number of hydrogen-bond donors (Lipinski definition) is 2. The van der Waals surface area contributed by atoms with Crippen LogP contribution in [0.25, 0.3) is 11.2 Å². The minimum absolute atomic E-state index is 0.0208. The highest BCUT2D eigenvalue weighted by atomic mass is 16.7. The van der Waals surface area contributed by atoms with E-state index in [0.29, 0.717) is 0 Å². The first-order chi connectivity index (χ1) is 17.7. The fourth-order valence-electron chi connectivity index (χ4n) is 3.62. The summed E-state index contributed by atoms with van der Waals surface area (Å²) in [5.74, 6) is -2.91. The van der Waals surface area contributed by atoms with Gasteiger partial charge in [-0.15, -0.1) is 0 Å². The number of amides is 2. The molecule has 0 unspecified atom stereocenters. The van der Waals surface area contributed by atoms with Crippen molar-refractivity contribution in [2.45, 2.75) is 73.0 Å². The van der Waals surface area contributed by atoms with E-state index in [4.69, 9.17) is 18.9 Å². The van der Waals surface area contributed by atoms with E-state index in [1.807, 2.05) is 0 Å². The van der Waals surface area contributed by atoms with Gasteiger partial charge in [0.05, 0.1) is 6.33 Å². The van der Waals surface area contributed by atoms with Gasteiger partial charge in [0.1, 0.15) is 12.7 Å². The fraction of sp³-hybridized carbons (Fsp3) is 0.565. The zero-order chi connectivity index (χ0) is 28.4. The summed E-state index contributed by atoms with van der Waals surface area (Å²) in [5, 5.41) is 5.16. The van der Waals surface area contributed by atoms with Crippen molar-refractivity contribution in [3.63, 3.8) is 0 Å². The van der Waals surface area contributed by atoms with E-state index in [2.05, 4.69) is 25.6 Å². The van der Waals surface area contributed by atoms with Gasteiger partial charge in [0.2, 0.25) is 17.8 Å². The van der Waals surface area contributed by atoms with Crippen molar-refractivity contribution >= 4 is 52.7 Å². The Kier molecular flexibility index (Phi) is 8.29. The number of rotatable bonds is 7. The molecule has 206 valence electrons. The van der Waals surface area contributed by atoms with Crippen LogP contribution in [0.3, 0.4) is 0 Å². The number of imidazole rings is 1. The molecule has 0 spiro atoms. The molecule has 0 saturated carbocycles. The second kappa shape index (κ2) is 11.1. The quantitative estimate of drug-likeness (QED) is 0.380. The third-order valence-corrected chi connectivity index (χ3v) is 5.24. The average Bonchev–Trinajstić information content (AvgIpc) is 3.32. The van der Waals surface area contributed by atoms with Gasteiger partial charge in [-0.25, -0.2) is 4.98 Å². The van der Waals surface area contributed by atoms with Crippen LogP contribution in [-0.4, -0.2) is 74.2 Å². The Hall–Kier alpha value is -4.14. The van der Waals surface area contributed by atoms with Gasteiger partial charge in [-0.3, -0.25) is 33.9 Å². The van der Waals surface area contributed by atoms with Crippen molar-refractivity contribution in [2.75, 3.05) is 17.2 Å². The maximum atomic E-state index is 12.7. The predicted octanol–water partition coefficient (Wildman–Crippen LogP) is 1.09. The third kappa shape index (κ3) is 6.59. The molecule has 0 bridgehead atoms. The molecule has 2 aromatic heterocycles. The summed E-state index contributed by atoms with van der Waals surface area (Å²) in [6, 6.07) is 0. The lowest BCUT2D eigenvalue weighted by molar-refractivity contribution is -0.166. The lowest BCUT2D eigenvalue weighted by Gasteiger charge is -2.23. The highest BCUT2D eigenvalue weighted by molar-refractivity contribution is 6.00. The molecule has 4 atom stereocenters. The first-order valence-corrected chi connectivity index (χ1v) is 11.6. The summed E-state index contributed by atoms with van der Waals surface area (Å²) < 4.78 is 23.3. The van der Waals surface area contributed by atoms with Crippen molar-refractivity contribution in [2.24, 2.45) is 5.41 Å². The second-order valence-corrected chi connectivity index (χ2v) is 9.62. The normalized spacial score (nSPS) is 21.0. The SMILES string of the molecule is CC(=O)Nc1nc(NC(=O)C(C)(C)C)c2ncn([C@@H]3O[C@H](COC(C)=O)[C@@H](OC(C)=O)[C@H]3OC(C)=O)c2n1. The monoisotopic (exact) mass is 534 g/mol. The van der Waals surface area contributed by atoms with Gasteiger partial charge in [-0.05, 0) is 0 Å². The van der Waals surface area contributed by atoms with Crippen LogP contribution in [0.1, 0.15) is 54.7 Å². The summed E-state index contributed by atoms with van der Waals surface area (Å²) in [6.07, 6.45) is -3.19. The van der Waals surface area contributed by atoms with Crippen molar-refractivity contribution in [1.82, 2.24) is 19.5 Å². The zero-order valence-electron chi connectivity index (χ0n) is 22.1. The molecule has 2 aromatic rings. The topological polar surface area (TPSA) is 190 Å².